The minimum atomic E-state index is 0.223. The highest BCUT2D eigenvalue weighted by molar-refractivity contribution is 6.32. The molecular formula is C14H21Cl2NO2. The minimum absolute atomic E-state index is 0.223. The van der Waals surface area contributed by atoms with Gasteiger partial charge in [0.15, 0.2) is 0 Å². The zero-order chi connectivity index (χ0) is 14.3. The van der Waals surface area contributed by atoms with Gasteiger partial charge in [-0.25, -0.2) is 0 Å². The molecule has 1 unspecified atom stereocenters. The average molecular weight is 306 g/mol. The topological polar surface area (TPSA) is 21.7 Å². The van der Waals surface area contributed by atoms with Crippen molar-refractivity contribution in [3.63, 3.8) is 0 Å². The number of hydrogen-bond acceptors (Lipinski definition) is 3. The second-order valence-electron chi connectivity index (χ2n) is 4.36. The van der Waals surface area contributed by atoms with E-state index in [-0.39, 0.29) is 6.04 Å². The van der Waals surface area contributed by atoms with Crippen LogP contribution in [-0.2, 0) is 15.4 Å². The van der Waals surface area contributed by atoms with Gasteiger partial charge in [-0.05, 0) is 19.1 Å². The molecule has 0 amide bonds. The van der Waals surface area contributed by atoms with Crippen LogP contribution in [0.1, 0.15) is 12.5 Å². The molecule has 1 atom stereocenters. The second kappa shape index (κ2) is 8.64. The van der Waals surface area contributed by atoms with Crippen LogP contribution in [0, 0.1) is 0 Å². The molecule has 0 aromatic heterocycles. The molecule has 0 heterocycles. The molecule has 0 aliphatic carbocycles. The standard InChI is InChI=1S/C14H21Cl2NO2/c1-11(10-19-3)17(7-8-18-2)14-6-4-5-13(16)12(14)9-15/h4-6,11H,7-10H2,1-3H3. The first-order valence-corrected chi connectivity index (χ1v) is 7.14. The van der Waals surface area contributed by atoms with Crippen molar-refractivity contribution in [3.05, 3.63) is 28.8 Å². The predicted molar refractivity (Wildman–Crippen MR) is 81.6 cm³/mol. The first kappa shape index (κ1) is 16.6. The zero-order valence-electron chi connectivity index (χ0n) is 11.7. The maximum atomic E-state index is 6.22. The highest BCUT2D eigenvalue weighted by atomic mass is 35.5. The smallest absolute Gasteiger partial charge is 0.0663 e. The second-order valence-corrected chi connectivity index (χ2v) is 5.04. The highest BCUT2D eigenvalue weighted by Gasteiger charge is 2.18. The highest BCUT2D eigenvalue weighted by Crippen LogP contribution is 2.30. The molecule has 0 N–H and O–H groups in total. The van der Waals surface area contributed by atoms with Crippen LogP contribution >= 0.6 is 23.2 Å². The third-order valence-corrected chi connectivity index (χ3v) is 3.63. The molecule has 0 saturated heterocycles. The maximum Gasteiger partial charge on any atom is 0.0663 e. The number of hydrogen-bond donors (Lipinski definition) is 0. The molecule has 5 heteroatoms. The Morgan fingerprint density at radius 2 is 2.00 bits per heavy atom. The third-order valence-electron chi connectivity index (χ3n) is 3.01. The molecule has 0 radical (unpaired) electrons. The number of ether oxygens (including phenoxy) is 2. The predicted octanol–water partition coefficient (Wildman–Crippen LogP) is 3.57. The lowest BCUT2D eigenvalue weighted by atomic mass is 10.1. The molecule has 0 fully saturated rings. The lowest BCUT2D eigenvalue weighted by Crippen LogP contribution is -2.39. The molecule has 1 aromatic rings. The van der Waals surface area contributed by atoms with Crippen molar-refractivity contribution in [2.24, 2.45) is 0 Å². The lowest BCUT2D eigenvalue weighted by Gasteiger charge is -2.32. The summed E-state index contributed by atoms with van der Waals surface area (Å²) < 4.78 is 10.4. The normalized spacial score (nSPS) is 12.5. The summed E-state index contributed by atoms with van der Waals surface area (Å²) in [5, 5.41) is 0.694. The largest absolute Gasteiger partial charge is 0.383 e. The summed E-state index contributed by atoms with van der Waals surface area (Å²) in [6.07, 6.45) is 0. The Labute approximate surface area is 125 Å². The van der Waals surface area contributed by atoms with Gasteiger partial charge in [-0.1, -0.05) is 17.7 Å². The molecule has 0 bridgehead atoms. The number of anilines is 1. The van der Waals surface area contributed by atoms with Crippen LogP contribution in [0.2, 0.25) is 5.02 Å². The Hall–Kier alpha value is -0.480. The van der Waals surface area contributed by atoms with Crippen LogP contribution in [0.3, 0.4) is 0 Å². The minimum Gasteiger partial charge on any atom is -0.383 e. The van der Waals surface area contributed by atoms with E-state index in [0.29, 0.717) is 24.1 Å². The van der Waals surface area contributed by atoms with Crippen molar-refractivity contribution >= 4 is 28.9 Å². The number of benzene rings is 1. The van der Waals surface area contributed by atoms with Crippen molar-refractivity contribution in [1.82, 2.24) is 0 Å². The van der Waals surface area contributed by atoms with Crippen LogP contribution in [0.15, 0.2) is 18.2 Å². The van der Waals surface area contributed by atoms with Crippen molar-refractivity contribution < 1.29 is 9.47 Å². The molecule has 108 valence electrons. The van der Waals surface area contributed by atoms with Gasteiger partial charge in [-0.15, -0.1) is 11.6 Å². The molecule has 0 spiro atoms. The quantitative estimate of drug-likeness (QED) is 0.685. The summed E-state index contributed by atoms with van der Waals surface area (Å²) in [7, 11) is 3.39. The van der Waals surface area contributed by atoms with E-state index in [2.05, 4.69) is 11.8 Å². The molecule has 1 rings (SSSR count). The van der Waals surface area contributed by atoms with Gasteiger partial charge >= 0.3 is 0 Å². The van der Waals surface area contributed by atoms with Crippen LogP contribution in [0.5, 0.6) is 0 Å². The van der Waals surface area contributed by atoms with Crippen molar-refractivity contribution in [1.29, 1.82) is 0 Å². The molecule has 0 aliphatic heterocycles. The van der Waals surface area contributed by atoms with Crippen molar-refractivity contribution in [2.75, 3.05) is 38.9 Å². The summed E-state index contributed by atoms with van der Waals surface area (Å²) in [6.45, 7) is 4.16. The number of rotatable bonds is 8. The van der Waals surface area contributed by atoms with Gasteiger partial charge in [-0.2, -0.15) is 0 Å². The summed E-state index contributed by atoms with van der Waals surface area (Å²) in [5.74, 6) is 0.387. The van der Waals surface area contributed by atoms with E-state index in [1.807, 2.05) is 18.2 Å². The average Bonchev–Trinajstić information content (AvgIpc) is 2.39. The summed E-state index contributed by atoms with van der Waals surface area (Å²) in [4.78, 5) is 2.22. The van der Waals surface area contributed by atoms with Crippen molar-refractivity contribution in [3.8, 4) is 0 Å². The molecular weight excluding hydrogens is 285 g/mol. The SMILES string of the molecule is COCCN(c1cccc(Cl)c1CCl)C(C)COC. The van der Waals surface area contributed by atoms with Crippen LogP contribution in [0.4, 0.5) is 5.69 Å². The van der Waals surface area contributed by atoms with E-state index in [4.69, 9.17) is 32.7 Å². The molecule has 1 aromatic carbocycles. The van der Waals surface area contributed by atoms with Gasteiger partial charge in [0.25, 0.3) is 0 Å². The van der Waals surface area contributed by atoms with Gasteiger partial charge in [0.1, 0.15) is 0 Å². The van der Waals surface area contributed by atoms with E-state index in [0.717, 1.165) is 17.8 Å². The van der Waals surface area contributed by atoms with Gasteiger partial charge in [0.2, 0.25) is 0 Å². The Morgan fingerprint density at radius 1 is 1.26 bits per heavy atom. The maximum absolute atomic E-state index is 6.22. The zero-order valence-corrected chi connectivity index (χ0v) is 13.2. The van der Waals surface area contributed by atoms with E-state index in [1.54, 1.807) is 14.2 Å². The molecule has 19 heavy (non-hydrogen) atoms. The fourth-order valence-corrected chi connectivity index (χ4v) is 2.63. The van der Waals surface area contributed by atoms with E-state index in [9.17, 15) is 0 Å². The van der Waals surface area contributed by atoms with Gasteiger partial charge in [-0.3, -0.25) is 0 Å². The fraction of sp³-hybridized carbons (Fsp3) is 0.571. The third kappa shape index (κ3) is 4.53. The molecule has 3 nitrogen and oxygen atoms in total. The molecule has 0 aliphatic rings. The van der Waals surface area contributed by atoms with Gasteiger partial charge in [0.05, 0.1) is 19.1 Å². The first-order valence-electron chi connectivity index (χ1n) is 6.23. The van der Waals surface area contributed by atoms with Crippen molar-refractivity contribution in [2.45, 2.75) is 18.8 Å². The van der Waals surface area contributed by atoms with E-state index in [1.165, 1.54) is 0 Å². The fourth-order valence-electron chi connectivity index (χ4n) is 2.05. The van der Waals surface area contributed by atoms with Crippen LogP contribution < -0.4 is 4.90 Å². The lowest BCUT2D eigenvalue weighted by molar-refractivity contribution is 0.171. The van der Waals surface area contributed by atoms with Crippen LogP contribution in [0.25, 0.3) is 0 Å². The Kier molecular flexibility index (Phi) is 7.54. The Morgan fingerprint density at radius 3 is 2.58 bits per heavy atom. The first-order chi connectivity index (χ1) is 9.15. The van der Waals surface area contributed by atoms with Gasteiger partial charge < -0.3 is 14.4 Å². The molecule has 0 saturated carbocycles. The van der Waals surface area contributed by atoms with E-state index >= 15 is 0 Å². The number of methoxy groups -OCH3 is 2. The van der Waals surface area contributed by atoms with Gasteiger partial charge in [0, 0.05) is 43.1 Å². The van der Waals surface area contributed by atoms with Crippen LogP contribution in [-0.4, -0.2) is 40.0 Å². The Balaban J connectivity index is 3.05. The summed E-state index contributed by atoms with van der Waals surface area (Å²) >= 11 is 12.2. The summed E-state index contributed by atoms with van der Waals surface area (Å²) in [5.41, 5.74) is 1.99. The number of alkyl halides is 1. The number of halogens is 2. The Bertz CT molecular complexity index is 388. The number of nitrogens with zero attached hydrogens (tertiary/aromatic N) is 1. The monoisotopic (exact) mass is 305 g/mol. The summed E-state index contributed by atoms with van der Waals surface area (Å²) in [6, 6.07) is 6.05. The van der Waals surface area contributed by atoms with E-state index < -0.39 is 0 Å².